The molecular formula is C22H21ClN2O4S. The van der Waals surface area contributed by atoms with Crippen LogP contribution >= 0.6 is 11.6 Å². The fourth-order valence-corrected chi connectivity index (χ4v) is 3.50. The van der Waals surface area contributed by atoms with Crippen LogP contribution in [0.1, 0.15) is 18.1 Å². The number of nitrogens with one attached hydrogen (secondary N) is 1. The number of nitrogens with zero attached hydrogens (tertiary/aromatic N) is 1. The molecule has 30 heavy (non-hydrogen) atoms. The van der Waals surface area contributed by atoms with E-state index in [4.69, 9.17) is 21.1 Å². The third-order valence-corrected chi connectivity index (χ3v) is 5.51. The molecule has 0 saturated carbocycles. The summed E-state index contributed by atoms with van der Waals surface area (Å²) >= 11 is 5.90. The van der Waals surface area contributed by atoms with Crippen molar-refractivity contribution in [1.82, 2.24) is 4.83 Å². The van der Waals surface area contributed by atoms with E-state index < -0.39 is 10.0 Å². The molecule has 0 aliphatic carbocycles. The van der Waals surface area contributed by atoms with E-state index in [1.165, 1.54) is 18.3 Å². The first kappa shape index (κ1) is 21.7. The summed E-state index contributed by atoms with van der Waals surface area (Å²) in [5.41, 5.74) is 1.64. The number of hydrogen-bond donors (Lipinski definition) is 1. The molecule has 3 aromatic rings. The maximum absolute atomic E-state index is 12.2. The quantitative estimate of drug-likeness (QED) is 0.385. The van der Waals surface area contributed by atoms with Gasteiger partial charge in [0.25, 0.3) is 10.0 Å². The minimum atomic E-state index is -3.71. The first-order valence-electron chi connectivity index (χ1n) is 9.22. The van der Waals surface area contributed by atoms with Crippen LogP contribution in [0.2, 0.25) is 5.02 Å². The van der Waals surface area contributed by atoms with Crippen LogP contribution in [-0.4, -0.2) is 21.2 Å². The molecule has 3 rings (SSSR count). The van der Waals surface area contributed by atoms with Gasteiger partial charge < -0.3 is 9.47 Å². The zero-order valence-corrected chi connectivity index (χ0v) is 17.9. The highest BCUT2D eigenvalue weighted by atomic mass is 35.5. The van der Waals surface area contributed by atoms with Crippen LogP contribution in [0.5, 0.6) is 11.5 Å². The number of hydrogen-bond acceptors (Lipinski definition) is 5. The van der Waals surface area contributed by atoms with Crippen molar-refractivity contribution in [3.8, 4) is 11.5 Å². The van der Waals surface area contributed by atoms with Crippen LogP contribution in [-0.2, 0) is 16.6 Å². The summed E-state index contributed by atoms with van der Waals surface area (Å²) in [5, 5.41) is 4.52. The number of ether oxygens (including phenoxy) is 2. The molecule has 1 N–H and O–H groups in total. The molecule has 8 heteroatoms. The average molecular weight is 445 g/mol. The fraction of sp³-hybridized carbons (Fsp3) is 0.136. The number of rotatable bonds is 9. The Kier molecular flexibility index (Phi) is 7.32. The van der Waals surface area contributed by atoms with Crippen LogP contribution < -0.4 is 14.3 Å². The summed E-state index contributed by atoms with van der Waals surface area (Å²) in [7, 11) is -3.71. The number of sulfonamides is 1. The van der Waals surface area contributed by atoms with Crippen LogP contribution in [0.3, 0.4) is 0 Å². The van der Waals surface area contributed by atoms with Gasteiger partial charge in [-0.2, -0.15) is 13.5 Å². The van der Waals surface area contributed by atoms with Crippen LogP contribution in [0.15, 0.2) is 82.8 Å². The van der Waals surface area contributed by atoms with Crippen molar-refractivity contribution in [2.45, 2.75) is 18.4 Å². The third-order valence-electron chi connectivity index (χ3n) is 4.02. The van der Waals surface area contributed by atoms with Gasteiger partial charge in [0.15, 0.2) is 11.5 Å². The molecule has 6 nitrogen and oxygen atoms in total. The maximum atomic E-state index is 12.2. The van der Waals surface area contributed by atoms with Crippen LogP contribution in [0, 0.1) is 0 Å². The Bertz CT molecular complexity index is 1100. The Labute approximate surface area is 181 Å². The van der Waals surface area contributed by atoms with Gasteiger partial charge in [0.05, 0.1) is 17.7 Å². The number of halogens is 1. The monoisotopic (exact) mass is 444 g/mol. The van der Waals surface area contributed by atoms with Crippen LogP contribution in [0.4, 0.5) is 0 Å². The predicted molar refractivity (Wildman–Crippen MR) is 118 cm³/mol. The second-order valence-corrected chi connectivity index (χ2v) is 8.32. The summed E-state index contributed by atoms with van der Waals surface area (Å²) < 4.78 is 35.9. The molecule has 0 fully saturated rings. The highest BCUT2D eigenvalue weighted by Gasteiger charge is 2.11. The molecule has 0 aromatic heterocycles. The molecule has 3 aromatic carbocycles. The lowest BCUT2D eigenvalue weighted by Gasteiger charge is -2.12. The van der Waals surface area contributed by atoms with E-state index in [0.29, 0.717) is 35.3 Å². The number of benzene rings is 3. The Morgan fingerprint density at radius 1 is 0.967 bits per heavy atom. The molecule has 0 aliphatic rings. The van der Waals surface area contributed by atoms with Crippen molar-refractivity contribution in [2.24, 2.45) is 5.10 Å². The molecule has 0 atom stereocenters. The standard InChI is InChI=1S/C22H21ClN2O4S/c1-2-28-22-14-18(15-24-25-30(26,27)20-6-4-3-5-7-20)10-13-21(22)29-16-17-8-11-19(23)12-9-17/h3-15,25H,2,16H2,1H3/b24-15-. The van der Waals surface area contributed by atoms with Crippen molar-refractivity contribution in [3.63, 3.8) is 0 Å². The normalized spacial score (nSPS) is 11.4. The van der Waals surface area contributed by atoms with Crippen molar-refractivity contribution in [2.75, 3.05) is 6.61 Å². The van der Waals surface area contributed by atoms with E-state index in [-0.39, 0.29) is 4.90 Å². The smallest absolute Gasteiger partial charge is 0.276 e. The molecule has 0 spiro atoms. The van der Waals surface area contributed by atoms with Gasteiger partial charge in [-0.1, -0.05) is 41.9 Å². The van der Waals surface area contributed by atoms with Gasteiger partial charge >= 0.3 is 0 Å². The van der Waals surface area contributed by atoms with E-state index in [0.717, 1.165) is 5.56 Å². The third kappa shape index (κ3) is 5.98. The van der Waals surface area contributed by atoms with E-state index in [1.807, 2.05) is 19.1 Å². The summed E-state index contributed by atoms with van der Waals surface area (Å²) in [6.07, 6.45) is 1.41. The molecule has 0 heterocycles. The topological polar surface area (TPSA) is 77.0 Å². The fourth-order valence-electron chi connectivity index (χ4n) is 2.56. The lowest BCUT2D eigenvalue weighted by Crippen LogP contribution is -2.18. The average Bonchev–Trinajstić information content (AvgIpc) is 2.75. The molecular weight excluding hydrogens is 424 g/mol. The number of hydrazone groups is 1. The molecule has 0 bridgehead atoms. The minimum absolute atomic E-state index is 0.142. The minimum Gasteiger partial charge on any atom is -0.490 e. The van der Waals surface area contributed by atoms with Crippen LogP contribution in [0.25, 0.3) is 0 Å². The molecule has 0 saturated heterocycles. The van der Waals surface area contributed by atoms with Gasteiger partial charge in [0.1, 0.15) is 6.61 Å². The Hall–Kier alpha value is -3.03. The maximum Gasteiger partial charge on any atom is 0.276 e. The second-order valence-electron chi connectivity index (χ2n) is 6.22. The van der Waals surface area contributed by atoms with Crippen molar-refractivity contribution >= 4 is 27.8 Å². The molecule has 0 amide bonds. The first-order chi connectivity index (χ1) is 14.5. The van der Waals surface area contributed by atoms with E-state index >= 15 is 0 Å². The molecule has 0 aliphatic heterocycles. The van der Waals surface area contributed by atoms with Gasteiger partial charge in [0, 0.05) is 5.02 Å². The van der Waals surface area contributed by atoms with E-state index in [2.05, 4.69) is 9.93 Å². The lowest BCUT2D eigenvalue weighted by atomic mass is 10.2. The predicted octanol–water partition coefficient (Wildman–Crippen LogP) is 4.63. The summed E-state index contributed by atoms with van der Waals surface area (Å²) in [5.74, 6) is 1.12. The second kappa shape index (κ2) is 10.1. The molecule has 0 unspecified atom stereocenters. The van der Waals surface area contributed by atoms with Gasteiger partial charge in [-0.25, -0.2) is 4.83 Å². The largest absolute Gasteiger partial charge is 0.490 e. The van der Waals surface area contributed by atoms with Crippen molar-refractivity contribution in [3.05, 3.63) is 88.9 Å². The molecule has 0 radical (unpaired) electrons. The summed E-state index contributed by atoms with van der Waals surface area (Å²) in [6, 6.07) is 20.7. The summed E-state index contributed by atoms with van der Waals surface area (Å²) in [6.45, 7) is 2.69. The van der Waals surface area contributed by atoms with Gasteiger partial charge in [-0.05, 0) is 60.5 Å². The van der Waals surface area contributed by atoms with Gasteiger partial charge in [0.2, 0.25) is 0 Å². The Balaban J connectivity index is 1.69. The van der Waals surface area contributed by atoms with Gasteiger partial charge in [-0.3, -0.25) is 0 Å². The lowest BCUT2D eigenvalue weighted by molar-refractivity contribution is 0.269. The SMILES string of the molecule is CCOc1cc(/C=N\NS(=O)(=O)c2ccccc2)ccc1OCc1ccc(Cl)cc1. The Morgan fingerprint density at radius 3 is 2.40 bits per heavy atom. The van der Waals surface area contributed by atoms with Crippen molar-refractivity contribution < 1.29 is 17.9 Å². The first-order valence-corrected chi connectivity index (χ1v) is 11.1. The highest BCUT2D eigenvalue weighted by molar-refractivity contribution is 7.89. The van der Waals surface area contributed by atoms with Gasteiger partial charge in [-0.15, -0.1) is 0 Å². The van der Waals surface area contributed by atoms with E-state index in [1.54, 1.807) is 48.5 Å². The summed E-state index contributed by atoms with van der Waals surface area (Å²) in [4.78, 5) is 2.34. The zero-order valence-electron chi connectivity index (χ0n) is 16.3. The highest BCUT2D eigenvalue weighted by Crippen LogP contribution is 2.29. The van der Waals surface area contributed by atoms with Crippen molar-refractivity contribution in [1.29, 1.82) is 0 Å². The van der Waals surface area contributed by atoms with E-state index in [9.17, 15) is 8.42 Å². The Morgan fingerprint density at radius 2 is 1.70 bits per heavy atom. The molecule has 156 valence electrons. The zero-order chi connectivity index (χ0) is 21.4.